The molecule has 19 heteroatoms. The van der Waals surface area contributed by atoms with Gasteiger partial charge in [0.25, 0.3) is 0 Å². The van der Waals surface area contributed by atoms with Crippen molar-refractivity contribution in [2.24, 2.45) is 20.7 Å². The van der Waals surface area contributed by atoms with Crippen molar-refractivity contribution in [2.45, 2.75) is 99.4 Å². The molecule has 2 aliphatic carbocycles. The molecule has 336 valence electrons. The van der Waals surface area contributed by atoms with E-state index in [0.717, 1.165) is 0 Å². The van der Waals surface area contributed by atoms with Gasteiger partial charge in [0.05, 0.1) is 23.9 Å². The van der Waals surface area contributed by atoms with Crippen LogP contribution in [0.5, 0.6) is 11.5 Å². The van der Waals surface area contributed by atoms with Gasteiger partial charge >= 0.3 is 5.91 Å². The van der Waals surface area contributed by atoms with E-state index in [-0.39, 0.29) is 82.9 Å². The highest BCUT2D eigenvalue weighted by molar-refractivity contribution is 6.72. The highest BCUT2D eigenvalue weighted by atomic mass is 16.7. The van der Waals surface area contributed by atoms with Gasteiger partial charge in [0.2, 0.25) is 12.2 Å². The van der Waals surface area contributed by atoms with E-state index >= 15 is 0 Å². The van der Waals surface area contributed by atoms with Gasteiger partial charge in [-0.15, -0.1) is 0 Å². The quantitative estimate of drug-likeness (QED) is 0.107. The summed E-state index contributed by atoms with van der Waals surface area (Å²) in [6.07, 6.45) is -6.42. The number of fused-ring (bicyclic) bond motifs is 7. The second-order valence-electron chi connectivity index (χ2n) is 16.8. The molecule has 4 heterocycles. The van der Waals surface area contributed by atoms with Crippen molar-refractivity contribution in [3.8, 4) is 11.5 Å². The maximum absolute atomic E-state index is 14.8. The van der Waals surface area contributed by atoms with Crippen molar-refractivity contribution in [3.05, 3.63) is 87.5 Å². The number of aliphatic hydroxyl groups is 6. The van der Waals surface area contributed by atoms with Crippen molar-refractivity contribution in [3.63, 3.8) is 0 Å². The first-order valence-electron chi connectivity index (χ1n) is 21.2. The zero-order valence-corrected chi connectivity index (χ0v) is 34.5. The van der Waals surface area contributed by atoms with Gasteiger partial charge in [-0.25, -0.2) is 0 Å². The van der Waals surface area contributed by atoms with Gasteiger partial charge in [-0.1, -0.05) is 37.1 Å². The number of benzene rings is 3. The Bertz CT molecular complexity index is 2520. The SMILES string of the molecule is NC1=NC(=O)C2=NCN(c3ccccc3C3CCOC4(CCCC4)C4OC(Oc5c3cc3c(c5OCC(O)CC=O)C(=O)c5cc(CO)ccc5C3=O)C(O)(CCO)C(O)C4O)C2=N1. The summed E-state index contributed by atoms with van der Waals surface area (Å²) >= 11 is 0. The molecule has 1 spiro atoms. The normalized spacial score (nSPS) is 27.5. The van der Waals surface area contributed by atoms with E-state index in [9.17, 15) is 49.8 Å². The molecule has 19 nitrogen and oxygen atoms in total. The van der Waals surface area contributed by atoms with Crippen LogP contribution in [-0.2, 0) is 25.7 Å². The average Bonchev–Trinajstić information content (AvgIpc) is 3.94. The number of guanidine groups is 1. The summed E-state index contributed by atoms with van der Waals surface area (Å²) in [5.74, 6) is -3.62. The minimum Gasteiger partial charge on any atom is -0.486 e. The first-order valence-corrected chi connectivity index (χ1v) is 21.2. The highest BCUT2D eigenvalue weighted by Crippen LogP contribution is 2.52. The van der Waals surface area contributed by atoms with E-state index < -0.39 is 91.5 Å². The van der Waals surface area contributed by atoms with Crippen LogP contribution in [0.4, 0.5) is 5.69 Å². The Morgan fingerprint density at radius 1 is 0.984 bits per heavy atom. The van der Waals surface area contributed by atoms with Crippen molar-refractivity contribution < 1.29 is 68.8 Å². The van der Waals surface area contributed by atoms with Gasteiger partial charge in [0.1, 0.15) is 37.9 Å². The van der Waals surface area contributed by atoms with E-state index in [4.69, 9.17) is 24.7 Å². The number of amides is 1. The van der Waals surface area contributed by atoms with Gasteiger partial charge in [0, 0.05) is 59.9 Å². The molecule has 1 amide bonds. The molecule has 2 fully saturated rings. The van der Waals surface area contributed by atoms with Crippen molar-refractivity contribution in [1.29, 1.82) is 0 Å². The summed E-state index contributed by atoms with van der Waals surface area (Å²) in [5.41, 5.74) is 3.38. The van der Waals surface area contributed by atoms with Crippen molar-refractivity contribution in [1.82, 2.24) is 0 Å². The summed E-state index contributed by atoms with van der Waals surface area (Å²) in [5, 5.41) is 67.0. The maximum Gasteiger partial charge on any atom is 0.302 e. The number of ketones is 2. The molecule has 9 rings (SSSR count). The maximum atomic E-state index is 14.8. The minimum atomic E-state index is -2.51. The second kappa shape index (κ2) is 17.0. The zero-order valence-electron chi connectivity index (χ0n) is 34.5. The van der Waals surface area contributed by atoms with E-state index in [2.05, 4.69) is 15.0 Å². The van der Waals surface area contributed by atoms with Crippen LogP contribution < -0.4 is 20.1 Å². The van der Waals surface area contributed by atoms with Crippen LogP contribution in [0.25, 0.3) is 0 Å². The van der Waals surface area contributed by atoms with Crippen LogP contribution in [0, 0.1) is 0 Å². The molecule has 1 saturated heterocycles. The molecular weight excluding hydrogens is 835 g/mol. The van der Waals surface area contributed by atoms with E-state index in [1.165, 1.54) is 24.3 Å². The first-order chi connectivity index (χ1) is 30.8. The topological polar surface area (TPSA) is 293 Å². The molecule has 4 aliphatic heterocycles. The molecule has 0 radical (unpaired) electrons. The lowest BCUT2D eigenvalue weighted by atomic mass is 9.78. The number of anilines is 1. The summed E-state index contributed by atoms with van der Waals surface area (Å²) in [6, 6.07) is 12.9. The Morgan fingerprint density at radius 3 is 2.52 bits per heavy atom. The lowest BCUT2D eigenvalue weighted by molar-refractivity contribution is -0.346. The molecule has 8 N–H and O–H groups in total. The number of hydrogen-bond donors (Lipinski definition) is 7. The third kappa shape index (κ3) is 7.12. The van der Waals surface area contributed by atoms with Gasteiger partial charge in [-0.2, -0.15) is 9.98 Å². The first kappa shape index (κ1) is 43.5. The van der Waals surface area contributed by atoms with Crippen LogP contribution >= 0.6 is 0 Å². The molecule has 0 aromatic heterocycles. The summed E-state index contributed by atoms with van der Waals surface area (Å²) in [7, 11) is 0. The number of aliphatic imine (C=N–C) groups is 3. The number of amidine groups is 1. The number of rotatable bonds is 10. The number of para-hydroxylation sites is 1. The number of nitrogens with zero attached hydrogens (tertiary/aromatic N) is 4. The van der Waals surface area contributed by atoms with Crippen molar-refractivity contribution >= 4 is 47.0 Å². The molecule has 2 bridgehead atoms. The van der Waals surface area contributed by atoms with Crippen LogP contribution in [-0.4, -0.2) is 140 Å². The highest BCUT2D eigenvalue weighted by Gasteiger charge is 2.62. The fraction of sp³-hybridized carbons (Fsp3) is 0.444. The van der Waals surface area contributed by atoms with Crippen LogP contribution in [0.2, 0.25) is 0 Å². The second-order valence-corrected chi connectivity index (χ2v) is 16.8. The van der Waals surface area contributed by atoms with Crippen molar-refractivity contribution in [2.75, 3.05) is 31.4 Å². The Labute approximate surface area is 365 Å². The molecule has 7 unspecified atom stereocenters. The molecule has 3 aromatic carbocycles. The van der Waals surface area contributed by atoms with E-state index in [0.29, 0.717) is 48.8 Å². The Kier molecular flexibility index (Phi) is 11.5. The monoisotopic (exact) mass is 881 g/mol. The third-order valence-corrected chi connectivity index (χ3v) is 13.1. The van der Waals surface area contributed by atoms with Gasteiger partial charge in [-0.05, 0) is 54.7 Å². The summed E-state index contributed by atoms with van der Waals surface area (Å²) in [6.45, 7) is -1.79. The number of nitrogens with two attached hydrogens (primary N) is 1. The third-order valence-electron chi connectivity index (χ3n) is 13.1. The largest absolute Gasteiger partial charge is 0.486 e. The molecule has 3 aromatic rings. The predicted molar refractivity (Wildman–Crippen MR) is 225 cm³/mol. The Morgan fingerprint density at radius 2 is 1.77 bits per heavy atom. The van der Waals surface area contributed by atoms with Crippen LogP contribution in [0.3, 0.4) is 0 Å². The number of ether oxygens (including phenoxy) is 4. The Hall–Kier alpha value is -5.77. The predicted octanol–water partition coefficient (Wildman–Crippen LogP) is 0.559. The molecule has 6 aliphatic rings. The number of carbonyl (C=O) groups is 4. The fourth-order valence-electron chi connectivity index (χ4n) is 9.88. The molecule has 1 saturated carbocycles. The molecule has 7 atom stereocenters. The van der Waals surface area contributed by atoms with Gasteiger partial charge in [-0.3, -0.25) is 19.4 Å². The molecular formula is C45H47N5O14. The van der Waals surface area contributed by atoms with E-state index in [1.807, 2.05) is 0 Å². The number of carbonyl (C=O) groups excluding carboxylic acids is 4. The zero-order chi connectivity index (χ0) is 45.1. The number of aldehydes is 1. The Balaban J connectivity index is 1.32. The lowest BCUT2D eigenvalue weighted by Crippen LogP contribution is -2.71. The van der Waals surface area contributed by atoms with Crippen LogP contribution in [0.15, 0.2) is 63.5 Å². The van der Waals surface area contributed by atoms with Gasteiger partial charge < -0.3 is 65.0 Å². The number of aliphatic hydroxyl groups excluding tert-OH is 5. The fourth-order valence-corrected chi connectivity index (χ4v) is 9.88. The standard InChI is InChI=1S/C45H47N5O14/c46-43-48-40-32(41(59)49-43)47-21-50(40)30-6-2-1-5-25(30)24-10-16-62-44(11-3-4-12-44)39-35(57)38(58)45(60,13-15-52)42(64-39)63-36-28(24)18-29-31(37(36)61-20-23(54)9-14-51)34(56)27-17-22(19-53)7-8-26(27)33(29)55/h1-2,5-8,14,17-18,23-24,35,38-39,42,52-54,57-58,60H,3-4,9-13,15-16,19-21H2,(H2,46,49,59). The smallest absolute Gasteiger partial charge is 0.302 e. The van der Waals surface area contributed by atoms with E-state index in [1.54, 1.807) is 29.2 Å². The average molecular weight is 882 g/mol. The minimum absolute atomic E-state index is 0.00263. The lowest BCUT2D eigenvalue weighted by Gasteiger charge is -2.52. The summed E-state index contributed by atoms with van der Waals surface area (Å²) < 4.78 is 26.5. The molecule has 64 heavy (non-hydrogen) atoms. The van der Waals surface area contributed by atoms with Gasteiger partial charge in [0.15, 0.2) is 40.2 Å². The van der Waals surface area contributed by atoms with Crippen LogP contribution in [0.1, 0.15) is 99.4 Å². The summed E-state index contributed by atoms with van der Waals surface area (Å²) in [4.78, 5) is 68.2. The number of hydrogen-bond acceptors (Lipinski definition) is 18.